The molecule has 2 heterocycles. The molecule has 0 aliphatic carbocycles. The molecule has 1 aliphatic rings. The van der Waals surface area contributed by atoms with Gasteiger partial charge < -0.3 is 18.7 Å². The van der Waals surface area contributed by atoms with E-state index in [1.165, 1.54) is 0 Å². The highest BCUT2D eigenvalue weighted by atomic mass is 16.7. The fourth-order valence-electron chi connectivity index (χ4n) is 2.35. The predicted molar refractivity (Wildman–Crippen MR) is 81.4 cm³/mol. The topological polar surface area (TPSA) is 66.6 Å². The van der Waals surface area contributed by atoms with Crippen molar-refractivity contribution in [1.29, 1.82) is 0 Å². The summed E-state index contributed by atoms with van der Waals surface area (Å²) in [4.78, 5) is 4.37. The second-order valence-electron chi connectivity index (χ2n) is 5.13. The van der Waals surface area contributed by atoms with E-state index in [9.17, 15) is 0 Å². The minimum absolute atomic E-state index is 0.217. The van der Waals surface area contributed by atoms with Crippen molar-refractivity contribution in [2.24, 2.45) is 0 Å². The highest BCUT2D eigenvalue weighted by molar-refractivity contribution is 5.57. The molecule has 116 valence electrons. The lowest BCUT2D eigenvalue weighted by Crippen LogP contribution is -1.97. The van der Waals surface area contributed by atoms with Gasteiger partial charge in [0.15, 0.2) is 18.1 Å². The largest absolute Gasteiger partial charge is 0.485 e. The zero-order valence-electron chi connectivity index (χ0n) is 12.5. The van der Waals surface area contributed by atoms with Crippen molar-refractivity contribution in [1.82, 2.24) is 10.1 Å². The van der Waals surface area contributed by atoms with Crippen LogP contribution in [-0.4, -0.2) is 16.9 Å². The van der Waals surface area contributed by atoms with Crippen molar-refractivity contribution < 1.29 is 18.7 Å². The van der Waals surface area contributed by atoms with Crippen LogP contribution in [-0.2, 0) is 6.61 Å². The Bertz CT molecular complexity index is 844. The van der Waals surface area contributed by atoms with Gasteiger partial charge >= 0.3 is 0 Å². The second-order valence-corrected chi connectivity index (χ2v) is 5.13. The molecule has 1 aromatic heterocycles. The Hall–Kier alpha value is -3.02. The molecule has 4 rings (SSSR count). The molecule has 0 saturated carbocycles. The molecule has 6 heteroatoms. The third-order valence-corrected chi connectivity index (χ3v) is 3.56. The summed E-state index contributed by atoms with van der Waals surface area (Å²) < 4.78 is 21.6. The van der Waals surface area contributed by atoms with Crippen molar-refractivity contribution in [3.05, 3.63) is 53.9 Å². The van der Waals surface area contributed by atoms with Crippen LogP contribution < -0.4 is 14.2 Å². The molecule has 0 saturated heterocycles. The lowest BCUT2D eigenvalue weighted by Gasteiger charge is -2.04. The van der Waals surface area contributed by atoms with Gasteiger partial charge in [-0.3, -0.25) is 0 Å². The highest BCUT2D eigenvalue weighted by Gasteiger charge is 2.15. The summed E-state index contributed by atoms with van der Waals surface area (Å²) in [5.74, 6) is 3.04. The molecule has 0 N–H and O–H groups in total. The maximum absolute atomic E-state index is 5.68. The standard InChI is InChI=1S/C17H14N2O4/c1-11-4-2-3-5-13(11)17-18-16(19-23-17)9-20-12-6-7-14-15(8-12)22-10-21-14/h2-8H,9-10H2,1H3. The summed E-state index contributed by atoms with van der Waals surface area (Å²) in [5.41, 5.74) is 2.01. The molecule has 3 aromatic rings. The van der Waals surface area contributed by atoms with Crippen LogP contribution in [0.15, 0.2) is 47.0 Å². The molecule has 0 amide bonds. The first-order valence-electron chi connectivity index (χ1n) is 7.20. The fourth-order valence-corrected chi connectivity index (χ4v) is 2.35. The number of hydrogen-bond donors (Lipinski definition) is 0. The number of benzene rings is 2. The molecule has 1 aliphatic heterocycles. The maximum Gasteiger partial charge on any atom is 0.258 e. The number of ether oxygens (including phenoxy) is 3. The Labute approximate surface area is 132 Å². The van der Waals surface area contributed by atoms with Gasteiger partial charge in [-0.25, -0.2) is 0 Å². The van der Waals surface area contributed by atoms with Crippen molar-refractivity contribution in [2.75, 3.05) is 6.79 Å². The van der Waals surface area contributed by atoms with Gasteiger partial charge in [0.1, 0.15) is 5.75 Å². The second kappa shape index (κ2) is 5.64. The van der Waals surface area contributed by atoms with Gasteiger partial charge in [-0.1, -0.05) is 23.4 Å². The molecule has 0 spiro atoms. The lowest BCUT2D eigenvalue weighted by molar-refractivity contribution is 0.173. The first-order chi connectivity index (χ1) is 11.3. The van der Waals surface area contributed by atoms with E-state index in [0.717, 1.165) is 16.9 Å². The molecule has 23 heavy (non-hydrogen) atoms. The SMILES string of the molecule is Cc1ccccc1-c1nc(COc2ccc3c(c2)OCO3)no1. The molecule has 0 atom stereocenters. The van der Waals surface area contributed by atoms with Crippen molar-refractivity contribution in [3.63, 3.8) is 0 Å². The van der Waals surface area contributed by atoms with Crippen LogP contribution in [0, 0.1) is 6.92 Å². The number of nitrogens with zero attached hydrogens (tertiary/aromatic N) is 2. The van der Waals surface area contributed by atoms with Crippen molar-refractivity contribution >= 4 is 0 Å². The Morgan fingerprint density at radius 1 is 1.09 bits per heavy atom. The van der Waals surface area contributed by atoms with Gasteiger partial charge in [-0.15, -0.1) is 0 Å². The van der Waals surface area contributed by atoms with E-state index >= 15 is 0 Å². The molecule has 2 aromatic carbocycles. The average Bonchev–Trinajstić information content (AvgIpc) is 3.22. The van der Waals surface area contributed by atoms with E-state index in [2.05, 4.69) is 10.1 Å². The van der Waals surface area contributed by atoms with Crippen LogP contribution in [0.2, 0.25) is 0 Å². The van der Waals surface area contributed by atoms with Crippen LogP contribution in [0.25, 0.3) is 11.5 Å². The predicted octanol–water partition coefficient (Wildman–Crippen LogP) is 3.35. The zero-order valence-corrected chi connectivity index (χ0v) is 12.5. The lowest BCUT2D eigenvalue weighted by atomic mass is 10.1. The summed E-state index contributed by atoms with van der Waals surface area (Å²) in [6.07, 6.45) is 0. The molecule has 0 radical (unpaired) electrons. The molecule has 6 nitrogen and oxygen atoms in total. The maximum atomic E-state index is 5.68. The monoisotopic (exact) mass is 310 g/mol. The number of aromatic nitrogens is 2. The van der Waals surface area contributed by atoms with Crippen molar-refractivity contribution in [2.45, 2.75) is 13.5 Å². The first kappa shape index (κ1) is 13.6. The minimum Gasteiger partial charge on any atom is -0.485 e. The summed E-state index contributed by atoms with van der Waals surface area (Å²) in [7, 11) is 0. The molecule has 0 unspecified atom stereocenters. The summed E-state index contributed by atoms with van der Waals surface area (Å²) in [6, 6.07) is 13.3. The third kappa shape index (κ3) is 2.70. The van der Waals surface area contributed by atoms with Crippen LogP contribution in [0.1, 0.15) is 11.4 Å². The Morgan fingerprint density at radius 3 is 2.87 bits per heavy atom. The molecular weight excluding hydrogens is 296 g/mol. The summed E-state index contributed by atoms with van der Waals surface area (Å²) in [5, 5.41) is 3.95. The minimum atomic E-state index is 0.217. The third-order valence-electron chi connectivity index (χ3n) is 3.56. The van der Waals surface area contributed by atoms with E-state index in [1.807, 2.05) is 43.3 Å². The molecule has 0 fully saturated rings. The van der Waals surface area contributed by atoms with E-state index in [0.29, 0.717) is 23.2 Å². The van der Waals surface area contributed by atoms with Gasteiger partial charge in [0, 0.05) is 11.6 Å². The number of rotatable bonds is 4. The van der Waals surface area contributed by atoms with Gasteiger partial charge in [0.25, 0.3) is 5.89 Å². The van der Waals surface area contributed by atoms with E-state index in [-0.39, 0.29) is 13.4 Å². The average molecular weight is 310 g/mol. The Morgan fingerprint density at radius 2 is 1.96 bits per heavy atom. The molecule has 0 bridgehead atoms. The molecular formula is C17H14N2O4. The van der Waals surface area contributed by atoms with Gasteiger partial charge in [0.2, 0.25) is 12.6 Å². The number of hydrogen-bond acceptors (Lipinski definition) is 6. The first-order valence-corrected chi connectivity index (χ1v) is 7.20. The smallest absolute Gasteiger partial charge is 0.258 e. The van der Waals surface area contributed by atoms with E-state index in [4.69, 9.17) is 18.7 Å². The van der Waals surface area contributed by atoms with Crippen LogP contribution in [0.5, 0.6) is 17.2 Å². The van der Waals surface area contributed by atoms with Gasteiger partial charge in [-0.05, 0) is 30.7 Å². The zero-order chi connectivity index (χ0) is 15.6. The van der Waals surface area contributed by atoms with Crippen LogP contribution >= 0.6 is 0 Å². The van der Waals surface area contributed by atoms with Gasteiger partial charge in [-0.2, -0.15) is 4.98 Å². The van der Waals surface area contributed by atoms with E-state index in [1.54, 1.807) is 6.07 Å². The number of aryl methyl sites for hydroxylation is 1. The number of fused-ring (bicyclic) bond motifs is 1. The Kier molecular flexibility index (Phi) is 3.34. The summed E-state index contributed by atoms with van der Waals surface area (Å²) >= 11 is 0. The summed E-state index contributed by atoms with van der Waals surface area (Å²) in [6.45, 7) is 2.46. The fraction of sp³-hybridized carbons (Fsp3) is 0.176. The Balaban J connectivity index is 1.47. The highest BCUT2D eigenvalue weighted by Crippen LogP contribution is 2.35. The quantitative estimate of drug-likeness (QED) is 0.736. The van der Waals surface area contributed by atoms with Crippen molar-refractivity contribution in [3.8, 4) is 28.7 Å². The normalized spacial score (nSPS) is 12.4. The van der Waals surface area contributed by atoms with Crippen LogP contribution in [0.4, 0.5) is 0 Å². The van der Waals surface area contributed by atoms with Gasteiger partial charge in [0.05, 0.1) is 0 Å². The van der Waals surface area contributed by atoms with E-state index < -0.39 is 0 Å². The van der Waals surface area contributed by atoms with Crippen LogP contribution in [0.3, 0.4) is 0 Å².